The summed E-state index contributed by atoms with van der Waals surface area (Å²) in [6.45, 7) is 2.68. The van der Waals surface area contributed by atoms with E-state index in [4.69, 9.17) is 10.5 Å². The van der Waals surface area contributed by atoms with Gasteiger partial charge in [0, 0.05) is 13.0 Å². The van der Waals surface area contributed by atoms with Crippen LogP contribution in [0.1, 0.15) is 24.5 Å². The van der Waals surface area contributed by atoms with Crippen molar-refractivity contribution in [2.75, 3.05) is 13.2 Å². The molecule has 0 fully saturated rings. The Morgan fingerprint density at radius 3 is 2.25 bits per heavy atom. The molecule has 0 aromatic heterocycles. The second kappa shape index (κ2) is 7.01. The van der Waals surface area contributed by atoms with Gasteiger partial charge in [-0.15, -0.1) is 0 Å². The second-order valence-corrected chi connectivity index (χ2v) is 3.62. The Kier molecular flexibility index (Phi) is 5.57. The van der Waals surface area contributed by atoms with Crippen LogP contribution in [-0.4, -0.2) is 19.1 Å². The zero-order chi connectivity index (χ0) is 11.8. The van der Waals surface area contributed by atoms with Crippen LogP contribution in [0.2, 0.25) is 0 Å². The lowest BCUT2D eigenvalue weighted by atomic mass is 10.1. The van der Waals surface area contributed by atoms with Gasteiger partial charge in [-0.2, -0.15) is 0 Å². The molecule has 1 aromatic carbocycles. The van der Waals surface area contributed by atoms with Gasteiger partial charge in [0.1, 0.15) is 0 Å². The molecule has 0 bridgehead atoms. The minimum Gasteiger partial charge on any atom is -0.466 e. The minimum atomic E-state index is -0.141. The number of aryl methyl sites for hydroxylation is 1. The summed E-state index contributed by atoms with van der Waals surface area (Å²) in [6, 6.07) is 8.08. The van der Waals surface area contributed by atoms with E-state index in [0.717, 1.165) is 18.4 Å². The first-order valence-electron chi connectivity index (χ1n) is 5.64. The third kappa shape index (κ3) is 4.45. The van der Waals surface area contributed by atoms with Gasteiger partial charge in [-0.3, -0.25) is 10.5 Å². The molecule has 87 valence electrons. The molecule has 0 atom stereocenters. The summed E-state index contributed by atoms with van der Waals surface area (Å²) in [6.07, 6.45) is 1.95. The van der Waals surface area contributed by atoms with Crippen molar-refractivity contribution in [2.45, 2.75) is 26.2 Å². The lowest BCUT2D eigenvalue weighted by Gasteiger charge is -2.03. The molecule has 0 saturated heterocycles. The molecule has 3 heteroatoms. The maximum absolute atomic E-state index is 11.1. The summed E-state index contributed by atoms with van der Waals surface area (Å²) >= 11 is 0. The van der Waals surface area contributed by atoms with Crippen molar-refractivity contribution in [1.82, 2.24) is 5.73 Å². The van der Waals surface area contributed by atoms with Crippen LogP contribution in [0, 0.1) is 0 Å². The normalized spacial score (nSPS) is 10.1. The standard InChI is InChI=1S/C13H18NO2/c1-2-16-13(15)8-7-11-3-5-12(6-4-11)9-10-14/h3-6,14H,2,7-10H2,1H3. The van der Waals surface area contributed by atoms with Crippen LogP contribution in [0.5, 0.6) is 0 Å². The highest BCUT2D eigenvalue weighted by Crippen LogP contribution is 2.07. The van der Waals surface area contributed by atoms with Gasteiger partial charge < -0.3 is 4.74 Å². The Hall–Kier alpha value is -1.35. The Bertz CT molecular complexity index is 319. The molecule has 0 aliphatic heterocycles. The van der Waals surface area contributed by atoms with Gasteiger partial charge >= 0.3 is 5.97 Å². The lowest BCUT2D eigenvalue weighted by Crippen LogP contribution is -2.05. The van der Waals surface area contributed by atoms with Gasteiger partial charge in [0.15, 0.2) is 0 Å². The predicted molar refractivity (Wildman–Crippen MR) is 63.1 cm³/mol. The highest BCUT2D eigenvalue weighted by atomic mass is 16.5. The average Bonchev–Trinajstić information content (AvgIpc) is 2.29. The maximum Gasteiger partial charge on any atom is 0.306 e. The largest absolute Gasteiger partial charge is 0.466 e. The van der Waals surface area contributed by atoms with Crippen LogP contribution >= 0.6 is 0 Å². The number of ether oxygens (including phenoxy) is 1. The average molecular weight is 220 g/mol. The second-order valence-electron chi connectivity index (χ2n) is 3.62. The number of carbonyl (C=O) groups is 1. The van der Waals surface area contributed by atoms with E-state index >= 15 is 0 Å². The third-order valence-corrected chi connectivity index (χ3v) is 2.36. The van der Waals surface area contributed by atoms with Gasteiger partial charge in [-0.1, -0.05) is 24.3 Å². The fourth-order valence-corrected chi connectivity index (χ4v) is 1.50. The van der Waals surface area contributed by atoms with Gasteiger partial charge in [-0.25, -0.2) is 0 Å². The SMILES string of the molecule is CCOC(=O)CCc1ccc(CC[NH])cc1. The Labute approximate surface area is 96.6 Å². The van der Waals surface area contributed by atoms with Crippen molar-refractivity contribution in [3.63, 3.8) is 0 Å². The zero-order valence-corrected chi connectivity index (χ0v) is 9.66. The molecule has 16 heavy (non-hydrogen) atoms. The summed E-state index contributed by atoms with van der Waals surface area (Å²) in [4.78, 5) is 11.1. The fourth-order valence-electron chi connectivity index (χ4n) is 1.50. The van der Waals surface area contributed by atoms with Crippen LogP contribution in [0.3, 0.4) is 0 Å². The monoisotopic (exact) mass is 220 g/mol. The Morgan fingerprint density at radius 1 is 1.19 bits per heavy atom. The molecule has 1 aromatic rings. The van der Waals surface area contributed by atoms with Gasteiger partial charge in [0.05, 0.1) is 6.61 Å². The summed E-state index contributed by atoms with van der Waals surface area (Å²) in [5.41, 5.74) is 9.43. The number of esters is 1. The van der Waals surface area contributed by atoms with Gasteiger partial charge in [0.2, 0.25) is 0 Å². The van der Waals surface area contributed by atoms with Crippen LogP contribution in [0.15, 0.2) is 24.3 Å². The van der Waals surface area contributed by atoms with E-state index in [1.54, 1.807) is 0 Å². The van der Waals surface area contributed by atoms with Crippen LogP contribution in [0.25, 0.3) is 0 Å². The molecule has 1 N–H and O–H groups in total. The van der Waals surface area contributed by atoms with E-state index in [-0.39, 0.29) is 5.97 Å². The molecule has 0 unspecified atom stereocenters. The van der Waals surface area contributed by atoms with Crippen LogP contribution in [-0.2, 0) is 22.4 Å². The minimum absolute atomic E-state index is 0.141. The van der Waals surface area contributed by atoms with Crippen molar-refractivity contribution in [2.24, 2.45) is 0 Å². The Balaban J connectivity index is 2.40. The van der Waals surface area contributed by atoms with Crippen LogP contribution in [0.4, 0.5) is 0 Å². The summed E-state index contributed by atoms with van der Waals surface area (Å²) in [7, 11) is 0. The van der Waals surface area contributed by atoms with Crippen molar-refractivity contribution in [3.8, 4) is 0 Å². The first kappa shape index (κ1) is 12.7. The number of carbonyl (C=O) groups excluding carboxylic acids is 1. The van der Waals surface area contributed by atoms with Crippen molar-refractivity contribution >= 4 is 5.97 Å². The predicted octanol–water partition coefficient (Wildman–Crippen LogP) is 2.01. The third-order valence-electron chi connectivity index (χ3n) is 2.36. The molecule has 1 radical (unpaired) electrons. The number of rotatable bonds is 6. The molecule has 1 rings (SSSR count). The zero-order valence-electron chi connectivity index (χ0n) is 9.66. The van der Waals surface area contributed by atoms with E-state index in [9.17, 15) is 4.79 Å². The fraction of sp³-hybridized carbons (Fsp3) is 0.462. The highest BCUT2D eigenvalue weighted by Gasteiger charge is 2.02. The highest BCUT2D eigenvalue weighted by molar-refractivity contribution is 5.69. The summed E-state index contributed by atoms with van der Waals surface area (Å²) in [5.74, 6) is -0.141. The quantitative estimate of drug-likeness (QED) is 0.688. The van der Waals surface area contributed by atoms with Crippen molar-refractivity contribution in [3.05, 3.63) is 35.4 Å². The molecule has 0 aliphatic carbocycles. The van der Waals surface area contributed by atoms with E-state index < -0.39 is 0 Å². The molecule has 0 heterocycles. The lowest BCUT2D eigenvalue weighted by molar-refractivity contribution is -0.143. The van der Waals surface area contributed by atoms with E-state index in [0.29, 0.717) is 19.6 Å². The molecule has 3 nitrogen and oxygen atoms in total. The Morgan fingerprint density at radius 2 is 1.75 bits per heavy atom. The van der Waals surface area contributed by atoms with Gasteiger partial charge in [-0.05, 0) is 30.9 Å². The maximum atomic E-state index is 11.1. The summed E-state index contributed by atoms with van der Waals surface area (Å²) < 4.78 is 4.86. The number of hydrogen-bond donors (Lipinski definition) is 0. The summed E-state index contributed by atoms with van der Waals surface area (Å²) in [5, 5.41) is 0. The molecule has 0 aliphatic rings. The molecule has 0 spiro atoms. The van der Waals surface area contributed by atoms with Crippen molar-refractivity contribution < 1.29 is 9.53 Å². The number of nitrogens with one attached hydrogen (secondary N) is 1. The van der Waals surface area contributed by atoms with E-state index in [1.807, 2.05) is 31.2 Å². The van der Waals surface area contributed by atoms with Gasteiger partial charge in [0.25, 0.3) is 0 Å². The van der Waals surface area contributed by atoms with E-state index in [2.05, 4.69) is 0 Å². The van der Waals surface area contributed by atoms with Crippen LogP contribution < -0.4 is 5.73 Å². The molecule has 0 saturated carbocycles. The first-order chi connectivity index (χ1) is 7.76. The smallest absolute Gasteiger partial charge is 0.306 e. The topological polar surface area (TPSA) is 50.1 Å². The first-order valence-corrected chi connectivity index (χ1v) is 5.64. The number of hydrogen-bond acceptors (Lipinski definition) is 2. The molecular weight excluding hydrogens is 202 g/mol. The number of benzene rings is 1. The van der Waals surface area contributed by atoms with E-state index in [1.165, 1.54) is 5.56 Å². The molecular formula is C13H18NO2. The van der Waals surface area contributed by atoms with Crippen molar-refractivity contribution in [1.29, 1.82) is 0 Å². The molecule has 0 amide bonds.